The van der Waals surface area contributed by atoms with E-state index in [0.717, 1.165) is 10.4 Å². The Balaban J connectivity index is 2.03. The van der Waals surface area contributed by atoms with Crippen LogP contribution in [0.1, 0.15) is 30.4 Å². The smallest absolute Gasteiger partial charge is 0.387 e. The zero-order chi connectivity index (χ0) is 21.2. The number of thiophene rings is 1. The predicted octanol–water partition coefficient (Wildman–Crippen LogP) is 4.19. The van der Waals surface area contributed by atoms with E-state index in [1.807, 2.05) is 6.92 Å². The molecule has 0 radical (unpaired) electrons. The van der Waals surface area contributed by atoms with E-state index in [2.05, 4.69) is 20.4 Å². The predicted molar refractivity (Wildman–Crippen MR) is 111 cm³/mol. The summed E-state index contributed by atoms with van der Waals surface area (Å²) < 4.78 is 35.5. The molecule has 3 N–H and O–H groups in total. The van der Waals surface area contributed by atoms with E-state index < -0.39 is 12.7 Å². The second-order valence-electron chi connectivity index (χ2n) is 5.83. The van der Waals surface area contributed by atoms with Gasteiger partial charge in [-0.2, -0.15) is 8.78 Å². The maximum atomic E-state index is 12.5. The molecular formula is C19H24ClF2N3O3S. The largest absolute Gasteiger partial charge is 0.490 e. The number of aliphatic imine (C=N–C) groups is 1. The third-order valence-electron chi connectivity index (χ3n) is 3.67. The maximum absolute atomic E-state index is 12.5. The van der Waals surface area contributed by atoms with Crippen molar-refractivity contribution in [3.63, 3.8) is 0 Å². The van der Waals surface area contributed by atoms with Crippen molar-refractivity contribution in [3.05, 3.63) is 45.1 Å². The second kappa shape index (κ2) is 11.8. The van der Waals surface area contributed by atoms with Gasteiger partial charge in [0.05, 0.1) is 17.5 Å². The van der Waals surface area contributed by atoms with Crippen LogP contribution in [0.3, 0.4) is 0 Å². The van der Waals surface area contributed by atoms with Crippen LogP contribution < -0.4 is 20.1 Å². The van der Waals surface area contributed by atoms with Crippen molar-refractivity contribution in [1.82, 2.24) is 10.6 Å². The molecule has 0 saturated heterocycles. The van der Waals surface area contributed by atoms with Gasteiger partial charge in [-0.15, -0.1) is 11.3 Å². The first kappa shape index (κ1) is 23.2. The molecule has 29 heavy (non-hydrogen) atoms. The average Bonchev–Trinajstić information content (AvgIpc) is 3.12. The highest BCUT2D eigenvalue weighted by atomic mass is 35.5. The topological polar surface area (TPSA) is 75.1 Å². The Morgan fingerprint density at radius 3 is 2.62 bits per heavy atom. The molecule has 160 valence electrons. The SMILES string of the molecule is CCNC(=NCc1ccc(OC(F)F)c(OCC)c1)NCC(O)c1ccc(Cl)s1. The van der Waals surface area contributed by atoms with Gasteiger partial charge in [0.25, 0.3) is 0 Å². The quantitative estimate of drug-likeness (QED) is 0.376. The van der Waals surface area contributed by atoms with E-state index in [4.69, 9.17) is 16.3 Å². The molecule has 0 spiro atoms. The minimum atomic E-state index is -2.92. The fraction of sp³-hybridized carbons (Fsp3) is 0.421. The first-order valence-electron chi connectivity index (χ1n) is 9.08. The average molecular weight is 448 g/mol. The number of halogens is 3. The lowest BCUT2D eigenvalue weighted by atomic mass is 10.2. The zero-order valence-electron chi connectivity index (χ0n) is 16.1. The Morgan fingerprint density at radius 1 is 1.21 bits per heavy atom. The van der Waals surface area contributed by atoms with Gasteiger partial charge in [-0.05, 0) is 43.7 Å². The highest BCUT2D eigenvalue weighted by molar-refractivity contribution is 7.16. The van der Waals surface area contributed by atoms with Gasteiger partial charge in [0, 0.05) is 18.0 Å². The zero-order valence-corrected chi connectivity index (χ0v) is 17.7. The standard InChI is InChI=1S/C19H24ClF2N3O3S/c1-3-23-19(25-11-13(26)16-7-8-17(20)29-16)24-10-12-5-6-14(28-18(21)22)15(9-12)27-4-2/h5-9,13,18,26H,3-4,10-11H2,1-2H3,(H2,23,24,25). The fourth-order valence-electron chi connectivity index (χ4n) is 2.43. The lowest BCUT2D eigenvalue weighted by Crippen LogP contribution is -2.39. The summed E-state index contributed by atoms with van der Waals surface area (Å²) in [5.41, 5.74) is 0.762. The summed E-state index contributed by atoms with van der Waals surface area (Å²) in [5, 5.41) is 16.4. The van der Waals surface area contributed by atoms with Crippen LogP contribution in [-0.4, -0.2) is 37.4 Å². The number of benzene rings is 1. The van der Waals surface area contributed by atoms with Crippen molar-refractivity contribution in [2.75, 3.05) is 19.7 Å². The number of hydrogen-bond acceptors (Lipinski definition) is 5. The van der Waals surface area contributed by atoms with E-state index in [0.29, 0.717) is 23.4 Å². The Labute approximate surface area is 177 Å². The van der Waals surface area contributed by atoms with Gasteiger partial charge in [-0.25, -0.2) is 4.99 Å². The number of aliphatic hydroxyl groups is 1. The van der Waals surface area contributed by atoms with Crippen LogP contribution in [-0.2, 0) is 6.54 Å². The van der Waals surface area contributed by atoms with Gasteiger partial charge in [0.2, 0.25) is 0 Å². The van der Waals surface area contributed by atoms with E-state index in [-0.39, 0.29) is 24.6 Å². The number of hydrogen-bond donors (Lipinski definition) is 3. The molecule has 0 fully saturated rings. The summed E-state index contributed by atoms with van der Waals surface area (Å²) >= 11 is 7.22. The molecule has 1 aromatic carbocycles. The van der Waals surface area contributed by atoms with Gasteiger partial charge >= 0.3 is 6.61 Å². The van der Waals surface area contributed by atoms with E-state index in [9.17, 15) is 13.9 Å². The molecule has 0 amide bonds. The number of aliphatic hydroxyl groups excluding tert-OH is 1. The highest BCUT2D eigenvalue weighted by Crippen LogP contribution is 2.30. The van der Waals surface area contributed by atoms with E-state index in [1.165, 1.54) is 17.4 Å². The van der Waals surface area contributed by atoms with Crippen molar-refractivity contribution >= 4 is 28.9 Å². The van der Waals surface area contributed by atoms with Crippen LogP contribution in [0, 0.1) is 0 Å². The van der Waals surface area contributed by atoms with Crippen LogP contribution in [0.4, 0.5) is 8.78 Å². The molecule has 1 atom stereocenters. The molecule has 10 heteroatoms. The minimum absolute atomic E-state index is 0.0163. The Morgan fingerprint density at radius 2 is 2.00 bits per heavy atom. The van der Waals surface area contributed by atoms with Crippen molar-refractivity contribution < 1.29 is 23.4 Å². The second-order valence-corrected chi connectivity index (χ2v) is 7.57. The Bertz CT molecular complexity index is 805. The number of ether oxygens (including phenoxy) is 2. The molecule has 1 aromatic heterocycles. The Kier molecular flexibility index (Phi) is 9.43. The molecular weight excluding hydrogens is 424 g/mol. The summed E-state index contributed by atoms with van der Waals surface area (Å²) in [6.07, 6.45) is -0.716. The lowest BCUT2D eigenvalue weighted by Gasteiger charge is -2.15. The first-order chi connectivity index (χ1) is 13.9. The number of nitrogens with one attached hydrogen (secondary N) is 2. The van der Waals surface area contributed by atoms with Crippen LogP contribution in [0.15, 0.2) is 35.3 Å². The molecule has 2 aromatic rings. The summed E-state index contributed by atoms with van der Waals surface area (Å²) in [6, 6.07) is 8.22. The fourth-order valence-corrected chi connectivity index (χ4v) is 3.47. The molecule has 1 heterocycles. The summed E-state index contributed by atoms with van der Waals surface area (Å²) in [7, 11) is 0. The normalized spacial score (nSPS) is 12.7. The van der Waals surface area contributed by atoms with Crippen molar-refractivity contribution in [2.24, 2.45) is 4.99 Å². The van der Waals surface area contributed by atoms with E-state index >= 15 is 0 Å². The molecule has 6 nitrogen and oxygen atoms in total. The van der Waals surface area contributed by atoms with Crippen LogP contribution >= 0.6 is 22.9 Å². The first-order valence-corrected chi connectivity index (χ1v) is 10.3. The van der Waals surface area contributed by atoms with Gasteiger partial charge in [-0.3, -0.25) is 0 Å². The number of alkyl halides is 2. The Hall–Kier alpha value is -2.10. The van der Waals surface area contributed by atoms with Crippen LogP contribution in [0.5, 0.6) is 11.5 Å². The van der Waals surface area contributed by atoms with Gasteiger partial charge in [0.1, 0.15) is 6.10 Å². The van der Waals surface area contributed by atoms with Crippen molar-refractivity contribution in [2.45, 2.75) is 33.1 Å². The summed E-state index contributed by atoms with van der Waals surface area (Å²) in [6.45, 7) is 2.26. The molecule has 0 saturated carbocycles. The number of nitrogens with zero attached hydrogens (tertiary/aromatic N) is 1. The molecule has 0 bridgehead atoms. The monoisotopic (exact) mass is 447 g/mol. The third kappa shape index (κ3) is 7.68. The molecule has 0 aliphatic heterocycles. The highest BCUT2D eigenvalue weighted by Gasteiger charge is 2.13. The number of rotatable bonds is 10. The lowest BCUT2D eigenvalue weighted by molar-refractivity contribution is -0.0514. The maximum Gasteiger partial charge on any atom is 0.387 e. The summed E-state index contributed by atoms with van der Waals surface area (Å²) in [4.78, 5) is 5.22. The van der Waals surface area contributed by atoms with Gasteiger partial charge in [-0.1, -0.05) is 17.7 Å². The number of guanidine groups is 1. The molecule has 0 aliphatic carbocycles. The van der Waals surface area contributed by atoms with Crippen molar-refractivity contribution in [1.29, 1.82) is 0 Å². The van der Waals surface area contributed by atoms with Crippen LogP contribution in [0.25, 0.3) is 0 Å². The molecule has 2 rings (SSSR count). The van der Waals surface area contributed by atoms with Gasteiger partial charge in [0.15, 0.2) is 17.5 Å². The van der Waals surface area contributed by atoms with E-state index in [1.54, 1.807) is 31.2 Å². The van der Waals surface area contributed by atoms with Crippen molar-refractivity contribution in [3.8, 4) is 11.5 Å². The van der Waals surface area contributed by atoms with Crippen LogP contribution in [0.2, 0.25) is 4.34 Å². The third-order valence-corrected chi connectivity index (χ3v) is 5.01. The molecule has 0 aliphatic rings. The van der Waals surface area contributed by atoms with Gasteiger partial charge < -0.3 is 25.2 Å². The summed E-state index contributed by atoms with van der Waals surface area (Å²) in [5.74, 6) is 0.737. The minimum Gasteiger partial charge on any atom is -0.490 e. The molecule has 1 unspecified atom stereocenters.